The third-order valence-electron chi connectivity index (χ3n) is 2.64. The molecule has 1 heteroatoms. The molecule has 0 aliphatic heterocycles. The fraction of sp³-hybridized carbons (Fsp3) is 0.733. The highest BCUT2D eigenvalue weighted by molar-refractivity contribution is 5.02. The number of rotatable bonds is 11. The first-order valence-electron chi connectivity index (χ1n) is 6.84. The summed E-state index contributed by atoms with van der Waals surface area (Å²) in [6.45, 7) is 2.57. The van der Waals surface area contributed by atoms with Gasteiger partial charge in [-0.3, -0.25) is 0 Å². The molecule has 94 valence electrons. The number of aliphatic hydroxyl groups excluding tert-OH is 1. The first kappa shape index (κ1) is 15.4. The Morgan fingerprint density at radius 2 is 1.31 bits per heavy atom. The minimum atomic E-state index is 0.350. The molecule has 0 bridgehead atoms. The summed E-state index contributed by atoms with van der Waals surface area (Å²) in [6.07, 6.45) is 19.8. The van der Waals surface area contributed by atoms with E-state index in [0.717, 1.165) is 6.42 Å². The second-order valence-corrected chi connectivity index (χ2v) is 4.28. The molecule has 0 saturated heterocycles. The van der Waals surface area contributed by atoms with Crippen molar-refractivity contribution >= 4 is 0 Å². The van der Waals surface area contributed by atoms with Crippen LogP contribution in [-0.2, 0) is 0 Å². The summed E-state index contributed by atoms with van der Waals surface area (Å²) in [5, 5.41) is 8.61. The fourth-order valence-electron chi connectivity index (χ4n) is 1.58. The van der Waals surface area contributed by atoms with Gasteiger partial charge < -0.3 is 5.11 Å². The van der Waals surface area contributed by atoms with E-state index in [0.29, 0.717) is 6.61 Å². The fourth-order valence-corrected chi connectivity index (χ4v) is 1.58. The van der Waals surface area contributed by atoms with Gasteiger partial charge in [-0.1, -0.05) is 63.3 Å². The first-order valence-corrected chi connectivity index (χ1v) is 6.84. The Labute approximate surface area is 101 Å². The lowest BCUT2D eigenvalue weighted by molar-refractivity contribution is 0.282. The number of hydrogen-bond donors (Lipinski definition) is 1. The SMILES string of the molecule is CCCC/C=C/C=C/CCCCCCCO. The Bertz CT molecular complexity index is 170. The molecule has 0 fully saturated rings. The van der Waals surface area contributed by atoms with E-state index in [9.17, 15) is 0 Å². The van der Waals surface area contributed by atoms with E-state index in [-0.39, 0.29) is 0 Å². The zero-order valence-corrected chi connectivity index (χ0v) is 10.8. The molecule has 0 saturated carbocycles. The van der Waals surface area contributed by atoms with Crippen LogP contribution in [0.3, 0.4) is 0 Å². The van der Waals surface area contributed by atoms with Gasteiger partial charge in [-0.15, -0.1) is 0 Å². The van der Waals surface area contributed by atoms with E-state index >= 15 is 0 Å². The van der Waals surface area contributed by atoms with Crippen molar-refractivity contribution in [2.24, 2.45) is 0 Å². The van der Waals surface area contributed by atoms with Gasteiger partial charge in [-0.05, 0) is 25.7 Å². The number of unbranched alkanes of at least 4 members (excludes halogenated alkanes) is 7. The average molecular weight is 224 g/mol. The highest BCUT2D eigenvalue weighted by Crippen LogP contribution is 2.05. The van der Waals surface area contributed by atoms with Crippen LogP contribution in [-0.4, -0.2) is 11.7 Å². The molecule has 16 heavy (non-hydrogen) atoms. The van der Waals surface area contributed by atoms with Gasteiger partial charge in [0.05, 0.1) is 0 Å². The van der Waals surface area contributed by atoms with Crippen LogP contribution in [0.1, 0.15) is 64.7 Å². The molecule has 1 nitrogen and oxygen atoms in total. The summed E-state index contributed by atoms with van der Waals surface area (Å²) in [6, 6.07) is 0. The van der Waals surface area contributed by atoms with Crippen LogP contribution < -0.4 is 0 Å². The largest absolute Gasteiger partial charge is 0.396 e. The third-order valence-corrected chi connectivity index (χ3v) is 2.64. The first-order chi connectivity index (χ1) is 7.91. The van der Waals surface area contributed by atoms with Crippen LogP contribution in [0.5, 0.6) is 0 Å². The second kappa shape index (κ2) is 14.4. The Morgan fingerprint density at radius 1 is 0.750 bits per heavy atom. The van der Waals surface area contributed by atoms with Gasteiger partial charge in [0.1, 0.15) is 0 Å². The molecule has 1 N–H and O–H groups in total. The van der Waals surface area contributed by atoms with Gasteiger partial charge in [0, 0.05) is 6.61 Å². The number of aliphatic hydroxyl groups is 1. The molecule has 0 aromatic carbocycles. The molecule has 0 aromatic rings. The van der Waals surface area contributed by atoms with Crippen molar-refractivity contribution in [2.45, 2.75) is 64.7 Å². The van der Waals surface area contributed by atoms with Crippen molar-refractivity contribution in [2.75, 3.05) is 6.61 Å². The Morgan fingerprint density at radius 3 is 1.94 bits per heavy atom. The normalized spacial score (nSPS) is 11.9. The highest BCUT2D eigenvalue weighted by atomic mass is 16.2. The van der Waals surface area contributed by atoms with Crippen molar-refractivity contribution in [3.8, 4) is 0 Å². The van der Waals surface area contributed by atoms with E-state index in [1.165, 1.54) is 51.4 Å². The minimum absolute atomic E-state index is 0.350. The third kappa shape index (κ3) is 13.4. The lowest BCUT2D eigenvalue weighted by Gasteiger charge is -1.96. The summed E-state index contributed by atoms with van der Waals surface area (Å²) in [4.78, 5) is 0. The molecule has 0 atom stereocenters. The Hall–Kier alpha value is -0.560. The molecule has 0 rings (SSSR count). The monoisotopic (exact) mass is 224 g/mol. The predicted octanol–water partition coefficient (Wildman–Crippen LogP) is 4.62. The zero-order valence-electron chi connectivity index (χ0n) is 10.8. The maximum Gasteiger partial charge on any atom is 0.0431 e. The smallest absolute Gasteiger partial charge is 0.0431 e. The van der Waals surface area contributed by atoms with E-state index in [1.54, 1.807) is 0 Å². The predicted molar refractivity (Wildman–Crippen MR) is 72.6 cm³/mol. The summed E-state index contributed by atoms with van der Waals surface area (Å²) in [5.41, 5.74) is 0. The van der Waals surface area contributed by atoms with Crippen LogP contribution in [0.4, 0.5) is 0 Å². The van der Waals surface area contributed by atoms with Gasteiger partial charge in [0.25, 0.3) is 0 Å². The highest BCUT2D eigenvalue weighted by Gasteiger charge is 1.87. The van der Waals surface area contributed by atoms with Gasteiger partial charge in [0.2, 0.25) is 0 Å². The topological polar surface area (TPSA) is 20.2 Å². The van der Waals surface area contributed by atoms with Crippen molar-refractivity contribution in [1.29, 1.82) is 0 Å². The molecule has 0 radical (unpaired) electrons. The van der Waals surface area contributed by atoms with Crippen molar-refractivity contribution in [3.63, 3.8) is 0 Å². The van der Waals surface area contributed by atoms with Crippen LogP contribution in [0.2, 0.25) is 0 Å². The minimum Gasteiger partial charge on any atom is -0.396 e. The molecule has 0 unspecified atom stereocenters. The van der Waals surface area contributed by atoms with Crippen LogP contribution >= 0.6 is 0 Å². The van der Waals surface area contributed by atoms with E-state index in [1.807, 2.05) is 0 Å². The summed E-state index contributed by atoms with van der Waals surface area (Å²) >= 11 is 0. The van der Waals surface area contributed by atoms with Crippen LogP contribution in [0.25, 0.3) is 0 Å². The Balaban J connectivity index is 3.12. The molecule has 0 spiro atoms. The van der Waals surface area contributed by atoms with Crippen molar-refractivity contribution < 1.29 is 5.11 Å². The molecular formula is C15H28O. The maximum atomic E-state index is 8.61. The molecule has 0 aliphatic carbocycles. The molecule has 0 heterocycles. The summed E-state index contributed by atoms with van der Waals surface area (Å²) in [5.74, 6) is 0. The molecule has 0 aliphatic rings. The standard InChI is InChI=1S/C15H28O/c1-2-3-4-5-6-7-8-9-10-11-12-13-14-15-16/h5-8,16H,2-4,9-15H2,1H3/b6-5+,8-7+. The van der Waals surface area contributed by atoms with E-state index in [2.05, 4.69) is 31.2 Å². The van der Waals surface area contributed by atoms with Crippen LogP contribution in [0.15, 0.2) is 24.3 Å². The number of allylic oxidation sites excluding steroid dienone is 4. The zero-order chi connectivity index (χ0) is 11.9. The Kier molecular flexibility index (Phi) is 13.9. The lowest BCUT2D eigenvalue weighted by Crippen LogP contribution is -1.82. The van der Waals surface area contributed by atoms with E-state index in [4.69, 9.17) is 5.11 Å². The average Bonchev–Trinajstić information content (AvgIpc) is 2.31. The van der Waals surface area contributed by atoms with E-state index < -0.39 is 0 Å². The lowest BCUT2D eigenvalue weighted by atomic mass is 10.1. The number of hydrogen-bond acceptors (Lipinski definition) is 1. The van der Waals surface area contributed by atoms with Gasteiger partial charge in [-0.25, -0.2) is 0 Å². The molecule has 0 aromatic heterocycles. The van der Waals surface area contributed by atoms with Crippen molar-refractivity contribution in [3.05, 3.63) is 24.3 Å². The van der Waals surface area contributed by atoms with Gasteiger partial charge in [0.15, 0.2) is 0 Å². The summed E-state index contributed by atoms with van der Waals surface area (Å²) < 4.78 is 0. The van der Waals surface area contributed by atoms with Gasteiger partial charge >= 0.3 is 0 Å². The van der Waals surface area contributed by atoms with Gasteiger partial charge in [-0.2, -0.15) is 0 Å². The maximum absolute atomic E-state index is 8.61. The second-order valence-electron chi connectivity index (χ2n) is 4.28. The molecule has 0 amide bonds. The molecular weight excluding hydrogens is 196 g/mol. The van der Waals surface area contributed by atoms with Crippen molar-refractivity contribution in [1.82, 2.24) is 0 Å². The summed E-state index contributed by atoms with van der Waals surface area (Å²) in [7, 11) is 0. The van der Waals surface area contributed by atoms with Crippen LogP contribution in [0, 0.1) is 0 Å². The quantitative estimate of drug-likeness (QED) is 0.401.